The molecule has 1 heterocycles. The number of imidazole rings is 1. The predicted octanol–water partition coefficient (Wildman–Crippen LogP) is 4.54. The average molecular weight is 361 g/mol. The number of para-hydroxylation sites is 2. The second kappa shape index (κ2) is 6.67. The van der Waals surface area contributed by atoms with E-state index in [0.717, 1.165) is 11.0 Å². The summed E-state index contributed by atoms with van der Waals surface area (Å²) < 4.78 is 3.79. The van der Waals surface area contributed by atoms with E-state index in [2.05, 4.69) is 11.9 Å². The molecule has 0 aliphatic rings. The second-order valence-electron chi connectivity index (χ2n) is 5.42. The van der Waals surface area contributed by atoms with Crippen LogP contribution in [0.3, 0.4) is 0 Å². The number of nitrogens with one attached hydrogen (secondary N) is 1. The highest BCUT2D eigenvalue weighted by atomic mass is 35.5. The summed E-state index contributed by atoms with van der Waals surface area (Å²) >= 11 is 12.0. The number of hydrogen-bond acceptors (Lipinski definition) is 1. The molecule has 3 aromatic rings. The van der Waals surface area contributed by atoms with Crippen LogP contribution in [0, 0.1) is 0 Å². The Kier molecular flexibility index (Phi) is 4.60. The quantitative estimate of drug-likeness (QED) is 0.681. The number of amides is 1. The molecule has 3 rings (SSSR count). The molecular formula is C18H16Cl2N3O+. The Morgan fingerprint density at radius 3 is 2.58 bits per heavy atom. The molecule has 6 heteroatoms. The molecule has 1 atom stereocenters. The highest BCUT2D eigenvalue weighted by Gasteiger charge is 2.24. The molecule has 2 aromatic carbocycles. The zero-order valence-corrected chi connectivity index (χ0v) is 14.6. The van der Waals surface area contributed by atoms with Gasteiger partial charge in [0, 0.05) is 15.7 Å². The Morgan fingerprint density at radius 2 is 1.92 bits per heavy atom. The number of benzene rings is 2. The summed E-state index contributed by atoms with van der Waals surface area (Å²) in [5.41, 5.74) is 2.50. The van der Waals surface area contributed by atoms with Crippen LogP contribution < -0.4 is 9.88 Å². The Bertz CT molecular complexity index is 913. The van der Waals surface area contributed by atoms with Crippen LogP contribution in [0.15, 0.2) is 55.4 Å². The molecule has 0 fully saturated rings. The molecular weight excluding hydrogens is 345 g/mol. The normalized spacial score (nSPS) is 12.1. The highest BCUT2D eigenvalue weighted by Crippen LogP contribution is 2.23. The molecule has 0 saturated heterocycles. The van der Waals surface area contributed by atoms with Gasteiger partial charge in [-0.3, -0.25) is 4.79 Å². The molecule has 1 amide bonds. The standard InChI is InChI=1S/C18H15Cl2N3O/c1-3-22-11-23(17-7-5-4-6-16(17)22)12(2)18(24)21-15-9-13(19)8-14(20)10-15/h3-12H,1H2,2H3/p+1/t12-/m1/s1. The van der Waals surface area contributed by atoms with E-state index in [0.29, 0.717) is 15.7 Å². The van der Waals surface area contributed by atoms with Gasteiger partial charge in [0.1, 0.15) is 0 Å². The molecule has 24 heavy (non-hydrogen) atoms. The van der Waals surface area contributed by atoms with Gasteiger partial charge in [-0.05, 0) is 37.3 Å². The van der Waals surface area contributed by atoms with Crippen molar-refractivity contribution in [2.45, 2.75) is 13.0 Å². The maximum absolute atomic E-state index is 12.6. The van der Waals surface area contributed by atoms with Gasteiger partial charge < -0.3 is 5.32 Å². The number of fused-ring (bicyclic) bond motifs is 1. The molecule has 0 unspecified atom stereocenters. The average Bonchev–Trinajstić information content (AvgIpc) is 2.92. The summed E-state index contributed by atoms with van der Waals surface area (Å²) in [4.78, 5) is 12.6. The van der Waals surface area contributed by atoms with Crippen LogP contribution in [-0.4, -0.2) is 10.5 Å². The van der Waals surface area contributed by atoms with Crippen molar-refractivity contribution in [1.29, 1.82) is 0 Å². The van der Waals surface area contributed by atoms with Crippen LogP contribution >= 0.6 is 23.2 Å². The minimum atomic E-state index is -0.422. The third kappa shape index (κ3) is 3.16. The fraction of sp³-hybridized carbons (Fsp3) is 0.111. The van der Waals surface area contributed by atoms with Gasteiger partial charge in [-0.15, -0.1) is 0 Å². The maximum atomic E-state index is 12.6. The lowest BCUT2D eigenvalue weighted by atomic mass is 10.2. The number of anilines is 1. The number of aromatic nitrogens is 2. The molecule has 0 aliphatic carbocycles. The molecule has 0 bridgehead atoms. The van der Waals surface area contributed by atoms with E-state index in [1.807, 2.05) is 46.7 Å². The molecule has 0 aliphatic heterocycles. The SMILES string of the molecule is C=Cn1c[n+]([C@H](C)C(=O)Nc2cc(Cl)cc(Cl)c2)c2ccccc21. The van der Waals surface area contributed by atoms with E-state index < -0.39 is 6.04 Å². The van der Waals surface area contributed by atoms with Crippen molar-refractivity contribution < 1.29 is 9.36 Å². The van der Waals surface area contributed by atoms with Gasteiger partial charge in [-0.1, -0.05) is 41.9 Å². The summed E-state index contributed by atoms with van der Waals surface area (Å²) in [5, 5.41) is 3.80. The number of carbonyl (C=O) groups excluding carboxylic acids is 1. The Hall–Kier alpha value is -2.30. The minimum absolute atomic E-state index is 0.162. The molecule has 1 N–H and O–H groups in total. The molecule has 0 spiro atoms. The van der Waals surface area contributed by atoms with Gasteiger partial charge in [-0.2, -0.15) is 0 Å². The third-order valence-electron chi connectivity index (χ3n) is 3.81. The molecule has 0 radical (unpaired) electrons. The summed E-state index contributed by atoms with van der Waals surface area (Å²) in [6, 6.07) is 12.4. The molecule has 122 valence electrons. The first-order valence-corrected chi connectivity index (χ1v) is 8.15. The third-order valence-corrected chi connectivity index (χ3v) is 4.25. The molecule has 1 aromatic heterocycles. The number of rotatable bonds is 4. The number of hydrogen-bond donors (Lipinski definition) is 1. The monoisotopic (exact) mass is 360 g/mol. The van der Waals surface area contributed by atoms with Crippen LogP contribution in [0.5, 0.6) is 0 Å². The predicted molar refractivity (Wildman–Crippen MR) is 98.3 cm³/mol. The fourth-order valence-electron chi connectivity index (χ4n) is 2.61. The van der Waals surface area contributed by atoms with Crippen molar-refractivity contribution in [3.05, 3.63) is 65.4 Å². The summed E-state index contributed by atoms with van der Waals surface area (Å²) in [6.07, 6.45) is 3.56. The van der Waals surface area contributed by atoms with Crippen molar-refractivity contribution in [3.63, 3.8) is 0 Å². The molecule has 4 nitrogen and oxygen atoms in total. The van der Waals surface area contributed by atoms with E-state index >= 15 is 0 Å². The van der Waals surface area contributed by atoms with Gasteiger partial charge in [0.05, 0.1) is 6.20 Å². The molecule has 0 saturated carbocycles. The summed E-state index contributed by atoms with van der Waals surface area (Å²) in [6.45, 7) is 5.64. The smallest absolute Gasteiger partial charge is 0.269 e. The van der Waals surface area contributed by atoms with Crippen LogP contribution in [0.4, 0.5) is 5.69 Å². The topological polar surface area (TPSA) is 37.9 Å². The zero-order chi connectivity index (χ0) is 17.3. The highest BCUT2D eigenvalue weighted by molar-refractivity contribution is 6.35. The largest absolute Gasteiger partial charge is 0.322 e. The van der Waals surface area contributed by atoms with Crippen molar-refractivity contribution in [1.82, 2.24) is 4.57 Å². The fourth-order valence-corrected chi connectivity index (χ4v) is 3.14. The van der Waals surface area contributed by atoms with E-state index in [4.69, 9.17) is 23.2 Å². The van der Waals surface area contributed by atoms with Gasteiger partial charge in [0.25, 0.3) is 5.91 Å². The number of carbonyl (C=O) groups is 1. The zero-order valence-electron chi connectivity index (χ0n) is 13.0. The lowest BCUT2D eigenvalue weighted by Crippen LogP contribution is -2.43. The van der Waals surface area contributed by atoms with E-state index in [9.17, 15) is 4.79 Å². The Morgan fingerprint density at radius 1 is 1.25 bits per heavy atom. The van der Waals surface area contributed by atoms with Crippen molar-refractivity contribution in [3.8, 4) is 0 Å². The Balaban J connectivity index is 1.92. The van der Waals surface area contributed by atoms with Crippen molar-refractivity contribution >= 4 is 52.0 Å². The number of halogens is 2. The first kappa shape index (κ1) is 16.6. The van der Waals surface area contributed by atoms with Gasteiger partial charge in [0.2, 0.25) is 6.33 Å². The second-order valence-corrected chi connectivity index (χ2v) is 6.30. The van der Waals surface area contributed by atoms with Crippen molar-refractivity contribution in [2.24, 2.45) is 0 Å². The Labute approximate surface area is 149 Å². The maximum Gasteiger partial charge on any atom is 0.269 e. The van der Waals surface area contributed by atoms with E-state index in [1.165, 1.54) is 0 Å². The number of nitrogens with zero attached hydrogens (tertiary/aromatic N) is 2. The van der Waals surface area contributed by atoms with Crippen LogP contribution in [-0.2, 0) is 4.79 Å². The lowest BCUT2D eigenvalue weighted by molar-refractivity contribution is -0.680. The van der Waals surface area contributed by atoms with Crippen LogP contribution in [0.1, 0.15) is 13.0 Å². The van der Waals surface area contributed by atoms with Gasteiger partial charge >= 0.3 is 0 Å². The first-order chi connectivity index (χ1) is 11.5. The van der Waals surface area contributed by atoms with Crippen LogP contribution in [0.2, 0.25) is 10.0 Å². The van der Waals surface area contributed by atoms with E-state index in [1.54, 1.807) is 24.4 Å². The summed E-state index contributed by atoms with van der Waals surface area (Å²) in [7, 11) is 0. The van der Waals surface area contributed by atoms with Crippen molar-refractivity contribution in [2.75, 3.05) is 5.32 Å². The lowest BCUT2D eigenvalue weighted by Gasteiger charge is -2.11. The van der Waals surface area contributed by atoms with Crippen LogP contribution in [0.25, 0.3) is 17.2 Å². The van der Waals surface area contributed by atoms with Gasteiger partial charge in [0.15, 0.2) is 17.1 Å². The first-order valence-electron chi connectivity index (χ1n) is 7.40. The van der Waals surface area contributed by atoms with Gasteiger partial charge in [-0.25, -0.2) is 9.13 Å². The summed E-state index contributed by atoms with van der Waals surface area (Å²) in [5.74, 6) is -0.162. The van der Waals surface area contributed by atoms with E-state index in [-0.39, 0.29) is 5.91 Å². The minimum Gasteiger partial charge on any atom is -0.322 e.